The van der Waals surface area contributed by atoms with Crippen molar-refractivity contribution >= 4 is 11.9 Å². The maximum absolute atomic E-state index is 12.7. The molecular weight excluding hydrogens is 390 g/mol. The summed E-state index contributed by atoms with van der Waals surface area (Å²) in [5, 5.41) is 10.0. The summed E-state index contributed by atoms with van der Waals surface area (Å²) in [5.74, 6) is -1.60. The van der Waals surface area contributed by atoms with E-state index in [0.29, 0.717) is 25.3 Å². The Balaban J connectivity index is 2.05. The average Bonchev–Trinajstić information content (AvgIpc) is 3.26. The number of methoxy groups -OCH3 is 2. The zero-order valence-corrected chi connectivity index (χ0v) is 17.4. The Hall–Kier alpha value is -3.00. The summed E-state index contributed by atoms with van der Waals surface area (Å²) in [7, 11) is 2.59. The van der Waals surface area contributed by atoms with Crippen LogP contribution in [-0.2, 0) is 23.8 Å². The van der Waals surface area contributed by atoms with Crippen LogP contribution in [0.25, 0.3) is 0 Å². The highest BCUT2D eigenvalue weighted by atomic mass is 16.5. The van der Waals surface area contributed by atoms with E-state index in [1.54, 1.807) is 36.4 Å². The van der Waals surface area contributed by atoms with E-state index in [-0.39, 0.29) is 28.7 Å². The predicted molar refractivity (Wildman–Crippen MR) is 108 cm³/mol. The van der Waals surface area contributed by atoms with Crippen molar-refractivity contribution in [1.29, 1.82) is 0 Å². The number of phenolic OH excluding ortho intramolecular Hbond substituents is 1. The maximum atomic E-state index is 12.7. The molecule has 0 unspecified atom stereocenters. The molecule has 0 amide bonds. The zero-order chi connectivity index (χ0) is 21.7. The minimum atomic E-state index is -0.731. The van der Waals surface area contributed by atoms with Gasteiger partial charge in [0.25, 0.3) is 0 Å². The van der Waals surface area contributed by atoms with Crippen LogP contribution in [0.4, 0.5) is 0 Å². The summed E-state index contributed by atoms with van der Waals surface area (Å²) in [4.78, 5) is 27.1. The van der Waals surface area contributed by atoms with E-state index in [1.165, 1.54) is 20.3 Å². The second-order valence-electron chi connectivity index (χ2n) is 7.08. The molecule has 0 spiro atoms. The first kappa shape index (κ1) is 21.7. The van der Waals surface area contributed by atoms with E-state index < -0.39 is 17.9 Å². The monoisotopic (exact) mass is 417 g/mol. The molecule has 0 saturated carbocycles. The Morgan fingerprint density at radius 2 is 1.83 bits per heavy atom. The quantitative estimate of drug-likeness (QED) is 0.677. The lowest BCUT2D eigenvalue weighted by atomic mass is 9.83. The van der Waals surface area contributed by atoms with Crippen molar-refractivity contribution in [3.63, 3.8) is 0 Å². The minimum absolute atomic E-state index is 0.0186. The number of phenols is 1. The van der Waals surface area contributed by atoms with Gasteiger partial charge in [-0.3, -0.25) is 0 Å². The second kappa shape index (κ2) is 9.67. The van der Waals surface area contributed by atoms with Crippen LogP contribution < -0.4 is 4.74 Å². The highest BCUT2D eigenvalue weighted by Crippen LogP contribution is 2.40. The third kappa shape index (κ3) is 4.59. The van der Waals surface area contributed by atoms with Crippen LogP contribution in [0.1, 0.15) is 31.2 Å². The van der Waals surface area contributed by atoms with Gasteiger partial charge < -0.3 is 29.0 Å². The maximum Gasteiger partial charge on any atom is 0.336 e. The molecular formula is C22H27NO7. The number of carbonyl (C=O) groups excluding carboxylic acids is 2. The Bertz CT molecular complexity index is 821. The molecule has 1 atom stereocenters. The van der Waals surface area contributed by atoms with Crippen molar-refractivity contribution in [2.75, 3.05) is 34.0 Å². The minimum Gasteiger partial charge on any atom is -0.504 e. The Labute approximate surface area is 175 Å². The Morgan fingerprint density at radius 1 is 1.17 bits per heavy atom. The third-order valence-corrected chi connectivity index (χ3v) is 5.13. The third-order valence-electron chi connectivity index (χ3n) is 5.13. The number of rotatable bonds is 7. The predicted octanol–water partition coefficient (Wildman–Crippen LogP) is 2.48. The van der Waals surface area contributed by atoms with Crippen molar-refractivity contribution in [3.05, 3.63) is 47.3 Å². The number of hydrogen-bond donors (Lipinski definition) is 1. The summed E-state index contributed by atoms with van der Waals surface area (Å²) in [6, 6.07) is 4.74. The fraction of sp³-hybridized carbons (Fsp3) is 0.455. The molecule has 8 nitrogen and oxygen atoms in total. The first-order valence-corrected chi connectivity index (χ1v) is 9.91. The second-order valence-corrected chi connectivity index (χ2v) is 7.08. The molecule has 1 N–H and O–H groups in total. The summed E-state index contributed by atoms with van der Waals surface area (Å²) < 4.78 is 21.2. The van der Waals surface area contributed by atoms with Gasteiger partial charge in [-0.1, -0.05) is 6.07 Å². The molecule has 162 valence electrons. The van der Waals surface area contributed by atoms with E-state index in [2.05, 4.69) is 0 Å². The number of carbonyl (C=O) groups is 2. The van der Waals surface area contributed by atoms with Gasteiger partial charge in [-0.15, -0.1) is 0 Å². The molecule has 0 aromatic heterocycles. The van der Waals surface area contributed by atoms with Crippen molar-refractivity contribution < 1.29 is 33.6 Å². The zero-order valence-electron chi connectivity index (χ0n) is 17.4. The smallest absolute Gasteiger partial charge is 0.336 e. The molecule has 2 aliphatic heterocycles. The molecule has 0 radical (unpaired) electrons. The molecule has 2 aliphatic rings. The van der Waals surface area contributed by atoms with Crippen molar-refractivity contribution in [2.45, 2.75) is 31.8 Å². The lowest BCUT2D eigenvalue weighted by Crippen LogP contribution is -2.32. The number of aromatic hydroxyl groups is 1. The summed E-state index contributed by atoms with van der Waals surface area (Å²) in [5.41, 5.74) is 1.17. The number of hydrogen-bond acceptors (Lipinski definition) is 8. The van der Waals surface area contributed by atoms with Crippen molar-refractivity contribution in [1.82, 2.24) is 4.90 Å². The lowest BCUT2D eigenvalue weighted by molar-refractivity contribution is -0.137. The molecule has 0 aliphatic carbocycles. The molecule has 8 heteroatoms. The number of nitrogens with zero attached hydrogens (tertiary/aromatic N) is 1. The van der Waals surface area contributed by atoms with Crippen LogP contribution in [0.15, 0.2) is 41.7 Å². The van der Waals surface area contributed by atoms with E-state index in [1.807, 2.05) is 0 Å². The Kier molecular flexibility index (Phi) is 6.99. The first-order valence-electron chi connectivity index (χ1n) is 9.91. The van der Waals surface area contributed by atoms with Crippen LogP contribution in [0.3, 0.4) is 0 Å². The van der Waals surface area contributed by atoms with Crippen LogP contribution >= 0.6 is 0 Å². The van der Waals surface area contributed by atoms with Gasteiger partial charge in [0.1, 0.15) is 0 Å². The van der Waals surface area contributed by atoms with E-state index >= 15 is 0 Å². The standard InChI is InChI=1S/C22H27NO7/c1-4-29-19-10-14(7-8-18(19)24)20-16(21(25)27-2)12-23(11-15-6-5-9-30-15)13-17(20)22(26)28-3/h7-8,10,12-13,15,20,24H,4-6,9,11H2,1-3H3/t15-/m0/s1. The molecule has 3 rings (SSSR count). The van der Waals surface area contributed by atoms with E-state index in [0.717, 1.165) is 12.8 Å². The molecule has 30 heavy (non-hydrogen) atoms. The van der Waals surface area contributed by atoms with Gasteiger partial charge in [0.2, 0.25) is 0 Å². The molecule has 1 aromatic carbocycles. The molecule has 1 saturated heterocycles. The van der Waals surface area contributed by atoms with Crippen LogP contribution in [0.5, 0.6) is 11.5 Å². The van der Waals surface area contributed by atoms with Gasteiger partial charge in [0, 0.05) is 25.6 Å². The number of benzene rings is 1. The highest BCUT2D eigenvalue weighted by Gasteiger charge is 2.36. The van der Waals surface area contributed by atoms with Crippen molar-refractivity contribution in [2.24, 2.45) is 0 Å². The SMILES string of the molecule is CCOc1cc(C2C(C(=O)OC)=CN(C[C@@H]3CCCO3)C=C2C(=O)OC)ccc1O. The first-order chi connectivity index (χ1) is 14.5. The van der Waals surface area contributed by atoms with Crippen molar-refractivity contribution in [3.8, 4) is 11.5 Å². The largest absolute Gasteiger partial charge is 0.504 e. The molecule has 2 heterocycles. The van der Waals surface area contributed by atoms with Crippen LogP contribution in [-0.4, -0.2) is 62.0 Å². The van der Waals surface area contributed by atoms with Gasteiger partial charge >= 0.3 is 11.9 Å². The normalized spacial score (nSPS) is 19.2. The van der Waals surface area contributed by atoms with Gasteiger partial charge in [-0.25, -0.2) is 9.59 Å². The van der Waals surface area contributed by atoms with Crippen LogP contribution in [0, 0.1) is 0 Å². The number of ether oxygens (including phenoxy) is 4. The topological polar surface area (TPSA) is 94.5 Å². The van der Waals surface area contributed by atoms with E-state index in [9.17, 15) is 14.7 Å². The fourth-order valence-corrected chi connectivity index (χ4v) is 3.76. The highest BCUT2D eigenvalue weighted by molar-refractivity contribution is 5.98. The van der Waals surface area contributed by atoms with Crippen LogP contribution in [0.2, 0.25) is 0 Å². The molecule has 1 fully saturated rings. The molecule has 0 bridgehead atoms. The average molecular weight is 417 g/mol. The van der Waals surface area contributed by atoms with Gasteiger partial charge in [0.05, 0.1) is 44.0 Å². The lowest BCUT2D eigenvalue weighted by Gasteiger charge is -2.31. The Morgan fingerprint density at radius 3 is 2.37 bits per heavy atom. The summed E-state index contributed by atoms with van der Waals surface area (Å²) >= 11 is 0. The summed E-state index contributed by atoms with van der Waals surface area (Å²) in [6.45, 7) is 3.37. The summed E-state index contributed by atoms with van der Waals surface area (Å²) in [6.07, 6.45) is 5.27. The fourth-order valence-electron chi connectivity index (χ4n) is 3.76. The van der Waals surface area contributed by atoms with Gasteiger partial charge in [-0.2, -0.15) is 0 Å². The van der Waals surface area contributed by atoms with Gasteiger partial charge in [-0.05, 0) is 37.5 Å². The van der Waals surface area contributed by atoms with E-state index in [4.69, 9.17) is 18.9 Å². The number of esters is 2. The van der Waals surface area contributed by atoms with Gasteiger partial charge in [0.15, 0.2) is 11.5 Å². The molecule has 1 aromatic rings.